The molecule has 1 amide bonds. The molecule has 36 heavy (non-hydrogen) atoms. The summed E-state index contributed by atoms with van der Waals surface area (Å²) in [6.07, 6.45) is 0.913. The number of anilines is 1. The Morgan fingerprint density at radius 2 is 1.83 bits per heavy atom. The Morgan fingerprint density at radius 3 is 2.53 bits per heavy atom. The fourth-order valence-corrected chi connectivity index (χ4v) is 6.28. The number of nitrogens with zero attached hydrogens (tertiary/aromatic N) is 2. The molecule has 1 aliphatic heterocycles. The van der Waals surface area contributed by atoms with Crippen molar-refractivity contribution in [3.05, 3.63) is 71.2 Å². The van der Waals surface area contributed by atoms with E-state index in [-0.39, 0.29) is 16.7 Å². The number of hydrogen-bond acceptors (Lipinski definition) is 6. The van der Waals surface area contributed by atoms with Gasteiger partial charge in [-0.15, -0.1) is 0 Å². The standard InChI is InChI=1S/C26H24BrN3O5S/c1-34-19-8-9-21(22(27)16-19)26-29-23-10-7-18(15-24(23)35-26)28-25(31)17-11-13-30(14-12-17)36(32,33)20-5-3-2-4-6-20/h2-10,15-17H,11-14H2,1H3,(H,28,31). The Balaban J connectivity index is 1.25. The molecule has 3 aromatic carbocycles. The minimum atomic E-state index is -3.55. The maximum absolute atomic E-state index is 12.9. The molecule has 4 aromatic rings. The highest BCUT2D eigenvalue weighted by atomic mass is 79.9. The van der Waals surface area contributed by atoms with E-state index in [0.717, 1.165) is 15.8 Å². The zero-order chi connectivity index (χ0) is 25.3. The summed E-state index contributed by atoms with van der Waals surface area (Å²) in [5.41, 5.74) is 2.61. The van der Waals surface area contributed by atoms with Crippen LogP contribution >= 0.6 is 15.9 Å². The zero-order valence-electron chi connectivity index (χ0n) is 19.5. The number of fused-ring (bicyclic) bond motifs is 1. The first-order chi connectivity index (χ1) is 17.3. The van der Waals surface area contributed by atoms with Gasteiger partial charge in [-0.25, -0.2) is 13.4 Å². The average Bonchev–Trinajstić information content (AvgIpc) is 3.32. The largest absolute Gasteiger partial charge is 0.497 e. The quantitative estimate of drug-likeness (QED) is 0.338. The van der Waals surface area contributed by atoms with Gasteiger partial charge in [0.1, 0.15) is 11.3 Å². The molecule has 0 unspecified atom stereocenters. The number of ether oxygens (including phenoxy) is 1. The van der Waals surface area contributed by atoms with Crippen LogP contribution in [0.2, 0.25) is 0 Å². The van der Waals surface area contributed by atoms with Gasteiger partial charge in [-0.3, -0.25) is 4.79 Å². The lowest BCUT2D eigenvalue weighted by Gasteiger charge is -2.30. The smallest absolute Gasteiger partial charge is 0.243 e. The molecular weight excluding hydrogens is 546 g/mol. The van der Waals surface area contributed by atoms with Crippen molar-refractivity contribution in [3.63, 3.8) is 0 Å². The summed E-state index contributed by atoms with van der Waals surface area (Å²) >= 11 is 3.52. The van der Waals surface area contributed by atoms with E-state index in [1.165, 1.54) is 4.31 Å². The van der Waals surface area contributed by atoms with Crippen molar-refractivity contribution in [3.8, 4) is 17.2 Å². The van der Waals surface area contributed by atoms with Crippen molar-refractivity contribution >= 4 is 48.6 Å². The number of nitrogens with one attached hydrogen (secondary N) is 1. The molecule has 1 N–H and O–H groups in total. The molecule has 0 aliphatic carbocycles. The molecule has 0 spiro atoms. The van der Waals surface area contributed by atoms with Crippen LogP contribution in [0, 0.1) is 5.92 Å². The summed E-state index contributed by atoms with van der Waals surface area (Å²) in [4.78, 5) is 17.7. The number of rotatable bonds is 6. The van der Waals surface area contributed by atoms with E-state index in [1.54, 1.807) is 55.6 Å². The van der Waals surface area contributed by atoms with Crippen LogP contribution < -0.4 is 10.1 Å². The highest BCUT2D eigenvalue weighted by Crippen LogP contribution is 2.34. The number of hydrogen-bond donors (Lipinski definition) is 1. The first-order valence-corrected chi connectivity index (χ1v) is 13.7. The number of sulfonamides is 1. The molecule has 1 saturated heterocycles. The van der Waals surface area contributed by atoms with Gasteiger partial charge in [0.25, 0.3) is 0 Å². The fourth-order valence-electron chi connectivity index (χ4n) is 4.26. The third kappa shape index (κ3) is 4.88. The van der Waals surface area contributed by atoms with Crippen molar-refractivity contribution in [1.29, 1.82) is 0 Å². The molecule has 2 heterocycles. The highest BCUT2D eigenvalue weighted by Gasteiger charge is 2.32. The Kier molecular flexibility index (Phi) is 6.83. The van der Waals surface area contributed by atoms with E-state index in [2.05, 4.69) is 26.2 Å². The molecule has 5 rings (SSSR count). The van der Waals surface area contributed by atoms with Crippen LogP contribution in [0.15, 0.2) is 80.5 Å². The average molecular weight is 570 g/mol. The number of halogens is 1. The van der Waals surface area contributed by atoms with Crippen molar-refractivity contribution in [1.82, 2.24) is 9.29 Å². The second kappa shape index (κ2) is 10.0. The van der Waals surface area contributed by atoms with Gasteiger partial charge in [0.2, 0.25) is 21.8 Å². The summed E-state index contributed by atoms with van der Waals surface area (Å²) < 4.78 is 39.1. The number of carbonyl (C=O) groups excluding carboxylic acids is 1. The van der Waals surface area contributed by atoms with Gasteiger partial charge in [0.05, 0.1) is 17.6 Å². The SMILES string of the molecule is COc1ccc(-c2nc3ccc(NC(=O)C4CCN(S(=O)(=O)c5ccccc5)CC4)cc3o2)c(Br)c1. The molecular formula is C26H24BrN3O5S. The van der Waals surface area contributed by atoms with Crippen molar-refractivity contribution in [2.24, 2.45) is 5.92 Å². The second-order valence-corrected chi connectivity index (χ2v) is 11.3. The van der Waals surface area contributed by atoms with Gasteiger partial charge in [-0.1, -0.05) is 18.2 Å². The molecule has 0 saturated carbocycles. The van der Waals surface area contributed by atoms with Crippen LogP contribution in [0.25, 0.3) is 22.6 Å². The van der Waals surface area contributed by atoms with Gasteiger partial charge >= 0.3 is 0 Å². The maximum Gasteiger partial charge on any atom is 0.243 e. The summed E-state index contributed by atoms with van der Waals surface area (Å²) in [5.74, 6) is 0.762. The predicted octanol–water partition coefficient (Wildman–Crippen LogP) is 5.31. The van der Waals surface area contributed by atoms with E-state index < -0.39 is 10.0 Å². The Hall–Kier alpha value is -3.21. The third-order valence-electron chi connectivity index (χ3n) is 6.27. The molecule has 0 atom stereocenters. The highest BCUT2D eigenvalue weighted by molar-refractivity contribution is 9.10. The maximum atomic E-state index is 12.9. The van der Waals surface area contributed by atoms with Gasteiger partial charge in [0, 0.05) is 35.2 Å². The van der Waals surface area contributed by atoms with Gasteiger partial charge < -0.3 is 14.5 Å². The second-order valence-electron chi connectivity index (χ2n) is 8.53. The summed E-state index contributed by atoms with van der Waals surface area (Å²) in [7, 11) is -1.95. The minimum Gasteiger partial charge on any atom is -0.497 e. The first kappa shape index (κ1) is 24.5. The van der Waals surface area contributed by atoms with Crippen LogP contribution in [0.5, 0.6) is 5.75 Å². The lowest BCUT2D eigenvalue weighted by atomic mass is 9.97. The lowest BCUT2D eigenvalue weighted by Crippen LogP contribution is -2.41. The molecule has 1 aliphatic rings. The minimum absolute atomic E-state index is 0.135. The van der Waals surface area contributed by atoms with Gasteiger partial charge in [-0.05, 0) is 71.2 Å². The molecule has 0 bridgehead atoms. The van der Waals surface area contributed by atoms with E-state index in [9.17, 15) is 13.2 Å². The number of methoxy groups -OCH3 is 1. The summed E-state index contributed by atoms with van der Waals surface area (Å²) in [6.45, 7) is 0.604. The van der Waals surface area contributed by atoms with E-state index in [4.69, 9.17) is 9.15 Å². The van der Waals surface area contributed by atoms with E-state index in [1.807, 2.05) is 18.2 Å². The number of aromatic nitrogens is 1. The first-order valence-electron chi connectivity index (χ1n) is 11.5. The predicted molar refractivity (Wildman–Crippen MR) is 140 cm³/mol. The van der Waals surface area contributed by atoms with Crippen molar-refractivity contribution in [2.45, 2.75) is 17.7 Å². The Labute approximate surface area is 217 Å². The van der Waals surface area contributed by atoms with Crippen LogP contribution in [0.4, 0.5) is 5.69 Å². The monoisotopic (exact) mass is 569 g/mol. The van der Waals surface area contributed by atoms with Crippen LogP contribution in [0.3, 0.4) is 0 Å². The molecule has 1 fully saturated rings. The lowest BCUT2D eigenvalue weighted by molar-refractivity contribution is -0.120. The van der Waals surface area contributed by atoms with Crippen LogP contribution in [0.1, 0.15) is 12.8 Å². The normalized spacial score (nSPS) is 15.2. The fraction of sp³-hybridized carbons (Fsp3) is 0.231. The van der Waals surface area contributed by atoms with E-state index in [0.29, 0.717) is 48.6 Å². The topological polar surface area (TPSA) is 102 Å². The molecule has 8 nitrogen and oxygen atoms in total. The molecule has 1 aromatic heterocycles. The third-order valence-corrected chi connectivity index (χ3v) is 8.84. The number of benzene rings is 3. The number of carbonyl (C=O) groups is 1. The van der Waals surface area contributed by atoms with Gasteiger partial charge in [0.15, 0.2) is 5.58 Å². The number of amides is 1. The van der Waals surface area contributed by atoms with Crippen molar-refractivity contribution < 1.29 is 22.4 Å². The van der Waals surface area contributed by atoms with E-state index >= 15 is 0 Å². The number of piperidine rings is 1. The summed E-state index contributed by atoms with van der Waals surface area (Å²) in [5, 5.41) is 2.94. The zero-order valence-corrected chi connectivity index (χ0v) is 21.9. The van der Waals surface area contributed by atoms with Gasteiger partial charge in [-0.2, -0.15) is 4.31 Å². The van der Waals surface area contributed by atoms with Crippen LogP contribution in [-0.4, -0.2) is 43.8 Å². The van der Waals surface area contributed by atoms with Crippen LogP contribution in [-0.2, 0) is 14.8 Å². The Morgan fingerprint density at radius 1 is 1.08 bits per heavy atom. The molecule has 10 heteroatoms. The van der Waals surface area contributed by atoms with Crippen molar-refractivity contribution in [2.75, 3.05) is 25.5 Å². The Bertz CT molecular complexity index is 1510. The number of oxazole rings is 1. The molecule has 186 valence electrons. The summed E-state index contributed by atoms with van der Waals surface area (Å²) in [6, 6.07) is 19.2. The molecule has 0 radical (unpaired) electrons.